The van der Waals surface area contributed by atoms with Gasteiger partial charge in [0.15, 0.2) is 0 Å². The van der Waals surface area contributed by atoms with Gasteiger partial charge in [0.1, 0.15) is 0 Å². The number of benzene rings is 3. The molecule has 0 atom stereocenters. The Bertz CT molecular complexity index is 1340. The Morgan fingerprint density at radius 3 is 1.38 bits per heavy atom. The molecule has 0 fully saturated rings. The van der Waals surface area contributed by atoms with E-state index >= 15 is 0 Å². The van der Waals surface area contributed by atoms with E-state index in [4.69, 9.17) is 18.9 Å². The molecule has 0 unspecified atom stereocenters. The van der Waals surface area contributed by atoms with Gasteiger partial charge < -0.3 is 0 Å². The van der Waals surface area contributed by atoms with E-state index in [9.17, 15) is 19.2 Å². The first kappa shape index (κ1) is 29.6. The average molecular weight is 598 g/mol. The van der Waals surface area contributed by atoms with Crippen molar-refractivity contribution in [3.63, 3.8) is 0 Å². The van der Waals surface area contributed by atoms with Crippen molar-refractivity contribution in [1.29, 1.82) is 0 Å². The molecule has 9 heteroatoms. The molecule has 0 saturated carbocycles. The van der Waals surface area contributed by atoms with E-state index in [1.54, 1.807) is 58.0 Å². The van der Waals surface area contributed by atoms with Gasteiger partial charge in [-0.05, 0) is 0 Å². The fraction of sp³-hybridized carbons (Fsp3) is 0.267. The molecule has 0 heterocycles. The second-order valence-electron chi connectivity index (χ2n) is 7.87. The van der Waals surface area contributed by atoms with E-state index in [-0.39, 0.29) is 48.7 Å². The number of carbonyl (C=O) groups excluding carboxylic acids is 4. The number of hydrogen-bond donors (Lipinski definition) is 0. The number of carbonyl (C=O) groups is 4. The van der Waals surface area contributed by atoms with Crippen molar-refractivity contribution in [1.82, 2.24) is 0 Å². The molecule has 3 rings (SSSR count). The summed E-state index contributed by atoms with van der Waals surface area (Å²) in [6, 6.07) is 18.2. The molecule has 3 aromatic carbocycles. The quantitative estimate of drug-likeness (QED) is 0.187. The molecule has 8 nitrogen and oxygen atoms in total. The first-order valence-electron chi connectivity index (χ1n) is 12.6. The first-order chi connectivity index (χ1) is 18.9. The molecular formula is C30H30O8Se. The molecule has 0 aliphatic carbocycles. The molecule has 0 radical (unpaired) electrons. The summed E-state index contributed by atoms with van der Waals surface area (Å²) < 4.78 is 22.7. The standard InChI is InChI=1S/C30H30O8Se/c1-5-35-27(31)22-21(19-15-11-9-12-16-19)26(39-20-17-13-10-14-18-20)25(30(34)38-8-4)24(29(33)37-7-3)23(22)28(32)36-6-2/h9-18H,5-8H2,1-4H3. The molecular weight excluding hydrogens is 567 g/mol. The molecule has 0 amide bonds. The summed E-state index contributed by atoms with van der Waals surface area (Å²) in [5, 5.41) is 0. The van der Waals surface area contributed by atoms with Crippen LogP contribution in [-0.2, 0) is 18.9 Å². The molecule has 0 aliphatic heterocycles. The summed E-state index contributed by atoms with van der Waals surface area (Å²) in [6.45, 7) is 6.46. The van der Waals surface area contributed by atoms with Crippen molar-refractivity contribution < 1.29 is 38.1 Å². The van der Waals surface area contributed by atoms with Gasteiger partial charge in [-0.25, -0.2) is 0 Å². The van der Waals surface area contributed by atoms with E-state index in [1.807, 2.05) is 30.3 Å². The van der Waals surface area contributed by atoms with Crippen LogP contribution in [0.1, 0.15) is 69.1 Å². The predicted molar refractivity (Wildman–Crippen MR) is 147 cm³/mol. The third kappa shape index (κ3) is 6.74. The zero-order valence-electron chi connectivity index (χ0n) is 22.3. The monoisotopic (exact) mass is 598 g/mol. The van der Waals surface area contributed by atoms with Gasteiger partial charge in [0.2, 0.25) is 0 Å². The Hall–Kier alpha value is -3.94. The first-order valence-corrected chi connectivity index (χ1v) is 14.3. The molecule has 204 valence electrons. The Balaban J connectivity index is 2.65. The fourth-order valence-electron chi connectivity index (χ4n) is 3.94. The Morgan fingerprint density at radius 2 is 0.923 bits per heavy atom. The summed E-state index contributed by atoms with van der Waals surface area (Å²) in [4.78, 5) is 54.3. The third-order valence-corrected chi connectivity index (χ3v) is 7.75. The third-order valence-electron chi connectivity index (χ3n) is 5.40. The van der Waals surface area contributed by atoms with Crippen LogP contribution in [0.2, 0.25) is 0 Å². The average Bonchev–Trinajstić information content (AvgIpc) is 2.93. The minimum absolute atomic E-state index is 0.0167. The van der Waals surface area contributed by atoms with Crippen molar-refractivity contribution in [3.05, 3.63) is 82.9 Å². The van der Waals surface area contributed by atoms with Crippen molar-refractivity contribution in [2.75, 3.05) is 26.4 Å². The molecule has 0 spiro atoms. The van der Waals surface area contributed by atoms with Gasteiger partial charge in [-0.3, -0.25) is 0 Å². The van der Waals surface area contributed by atoms with Crippen LogP contribution in [0, 0.1) is 0 Å². The van der Waals surface area contributed by atoms with Gasteiger partial charge >= 0.3 is 234 Å². The zero-order chi connectivity index (χ0) is 28.4. The van der Waals surface area contributed by atoms with Crippen LogP contribution in [0.3, 0.4) is 0 Å². The topological polar surface area (TPSA) is 105 Å². The molecule has 39 heavy (non-hydrogen) atoms. The minimum atomic E-state index is -0.954. The molecule has 0 aliphatic rings. The van der Waals surface area contributed by atoms with Crippen molar-refractivity contribution >= 4 is 47.8 Å². The number of ether oxygens (including phenoxy) is 4. The van der Waals surface area contributed by atoms with Gasteiger partial charge in [0.25, 0.3) is 0 Å². The Morgan fingerprint density at radius 1 is 0.538 bits per heavy atom. The molecule has 0 aromatic heterocycles. The molecule has 0 saturated heterocycles. The van der Waals surface area contributed by atoms with Crippen molar-refractivity contribution in [3.8, 4) is 11.1 Å². The van der Waals surface area contributed by atoms with E-state index in [0.717, 1.165) is 4.46 Å². The SMILES string of the molecule is CCOC(=O)c1c([Se]c2ccccc2)c(-c2ccccc2)c(C(=O)OCC)c(C(=O)OCC)c1C(=O)OCC. The second kappa shape index (κ2) is 14.3. The molecule has 0 N–H and O–H groups in total. The number of hydrogen-bond acceptors (Lipinski definition) is 8. The maximum atomic E-state index is 13.6. The van der Waals surface area contributed by atoms with Crippen LogP contribution >= 0.6 is 0 Å². The van der Waals surface area contributed by atoms with Crippen LogP contribution in [0.5, 0.6) is 0 Å². The Labute approximate surface area is 233 Å². The molecule has 3 aromatic rings. The van der Waals surface area contributed by atoms with Gasteiger partial charge in [-0.2, -0.15) is 0 Å². The van der Waals surface area contributed by atoms with E-state index < -0.39 is 38.8 Å². The van der Waals surface area contributed by atoms with E-state index in [1.165, 1.54) is 0 Å². The summed E-state index contributed by atoms with van der Waals surface area (Å²) in [7, 11) is 0. The van der Waals surface area contributed by atoms with Gasteiger partial charge in [0.05, 0.1) is 0 Å². The summed E-state index contributed by atoms with van der Waals surface area (Å²) >= 11 is -0.621. The van der Waals surface area contributed by atoms with Crippen LogP contribution in [0.4, 0.5) is 0 Å². The normalized spacial score (nSPS) is 10.5. The van der Waals surface area contributed by atoms with Gasteiger partial charge in [-0.15, -0.1) is 0 Å². The predicted octanol–water partition coefficient (Wildman–Crippen LogP) is 3.72. The van der Waals surface area contributed by atoms with Crippen LogP contribution in [0.15, 0.2) is 60.7 Å². The molecule has 0 bridgehead atoms. The Kier molecular flexibility index (Phi) is 10.8. The zero-order valence-corrected chi connectivity index (χ0v) is 24.0. The summed E-state index contributed by atoms with van der Waals surface area (Å²) in [6.07, 6.45) is 0. The number of rotatable bonds is 11. The second-order valence-corrected chi connectivity index (χ2v) is 10.1. The number of esters is 4. The van der Waals surface area contributed by atoms with E-state index in [0.29, 0.717) is 15.6 Å². The summed E-state index contributed by atoms with van der Waals surface area (Å²) in [5.74, 6) is -3.54. The van der Waals surface area contributed by atoms with Gasteiger partial charge in [-0.1, -0.05) is 0 Å². The van der Waals surface area contributed by atoms with Crippen molar-refractivity contribution in [2.24, 2.45) is 0 Å². The maximum absolute atomic E-state index is 13.6. The fourth-order valence-corrected chi connectivity index (χ4v) is 6.32. The van der Waals surface area contributed by atoms with Gasteiger partial charge in [0, 0.05) is 0 Å². The van der Waals surface area contributed by atoms with Crippen molar-refractivity contribution in [2.45, 2.75) is 27.7 Å². The van der Waals surface area contributed by atoms with Crippen LogP contribution in [0.25, 0.3) is 11.1 Å². The van der Waals surface area contributed by atoms with Crippen LogP contribution in [-0.4, -0.2) is 65.3 Å². The summed E-state index contributed by atoms with van der Waals surface area (Å²) in [5.41, 5.74) is -0.191. The van der Waals surface area contributed by atoms with Crippen LogP contribution < -0.4 is 8.92 Å². The van der Waals surface area contributed by atoms with E-state index in [2.05, 4.69) is 0 Å².